The fourth-order valence-corrected chi connectivity index (χ4v) is 2.72. The molecular weight excluding hydrogens is 351 g/mol. The van der Waals surface area contributed by atoms with Crippen LogP contribution in [0.15, 0.2) is 24.3 Å². The molecule has 0 unspecified atom stereocenters. The molecule has 6 nitrogen and oxygen atoms in total. The predicted molar refractivity (Wildman–Crippen MR) is 88.3 cm³/mol. The molecule has 0 atom stereocenters. The summed E-state index contributed by atoms with van der Waals surface area (Å²) >= 11 is 0. The first-order valence-corrected chi connectivity index (χ1v) is 8.08. The first-order valence-electron chi connectivity index (χ1n) is 8.08. The number of benzene rings is 1. The summed E-state index contributed by atoms with van der Waals surface area (Å²) in [5, 5.41) is 0. The Labute approximate surface area is 149 Å². The lowest BCUT2D eigenvalue weighted by Gasteiger charge is -2.35. The maximum atomic E-state index is 12.7. The Bertz CT molecular complexity index is 681. The van der Waals surface area contributed by atoms with Crippen molar-refractivity contribution in [3.8, 4) is 0 Å². The Hall–Kier alpha value is -2.58. The molecule has 26 heavy (non-hydrogen) atoms. The second-order valence-corrected chi connectivity index (χ2v) is 6.04. The van der Waals surface area contributed by atoms with Crippen LogP contribution >= 0.6 is 0 Å². The van der Waals surface area contributed by atoms with Crippen molar-refractivity contribution in [1.82, 2.24) is 9.80 Å². The Morgan fingerprint density at radius 2 is 1.46 bits per heavy atom. The monoisotopic (exact) mass is 371 g/mol. The minimum atomic E-state index is -4.47. The van der Waals surface area contributed by atoms with Gasteiger partial charge in [0.05, 0.1) is 5.56 Å². The van der Waals surface area contributed by atoms with Gasteiger partial charge in [0, 0.05) is 45.7 Å². The van der Waals surface area contributed by atoms with Crippen LogP contribution in [0, 0.1) is 0 Å². The molecule has 1 aliphatic rings. The minimum Gasteiger partial charge on any atom is -0.339 e. The summed E-state index contributed by atoms with van der Waals surface area (Å²) in [5.74, 6) is -0.823. The zero-order valence-electron chi connectivity index (χ0n) is 14.5. The summed E-state index contributed by atoms with van der Waals surface area (Å²) in [6.07, 6.45) is -4.47. The molecule has 1 heterocycles. The molecule has 142 valence electrons. The molecule has 0 bridgehead atoms. The van der Waals surface area contributed by atoms with Gasteiger partial charge in [-0.3, -0.25) is 14.4 Å². The Balaban J connectivity index is 2.05. The van der Waals surface area contributed by atoms with Gasteiger partial charge in [-0.25, -0.2) is 0 Å². The van der Waals surface area contributed by atoms with Crippen molar-refractivity contribution in [2.75, 3.05) is 37.6 Å². The second kappa shape index (κ2) is 7.76. The van der Waals surface area contributed by atoms with Crippen LogP contribution in [0.2, 0.25) is 0 Å². The highest BCUT2D eigenvalue weighted by Gasteiger charge is 2.31. The third-order valence-corrected chi connectivity index (χ3v) is 4.26. The van der Waals surface area contributed by atoms with Crippen LogP contribution in [-0.4, -0.2) is 60.2 Å². The number of hydrogen-bond acceptors (Lipinski definition) is 3. The van der Waals surface area contributed by atoms with E-state index in [4.69, 9.17) is 0 Å². The number of rotatable bonds is 3. The van der Waals surface area contributed by atoms with Gasteiger partial charge in [0.25, 0.3) is 0 Å². The zero-order valence-corrected chi connectivity index (χ0v) is 14.5. The maximum absolute atomic E-state index is 12.7. The first kappa shape index (κ1) is 19.7. The van der Waals surface area contributed by atoms with Gasteiger partial charge in [-0.05, 0) is 24.3 Å². The van der Waals surface area contributed by atoms with Crippen molar-refractivity contribution < 1.29 is 27.6 Å². The summed E-state index contributed by atoms with van der Waals surface area (Å²) in [5.41, 5.74) is -0.599. The summed E-state index contributed by atoms with van der Waals surface area (Å²) in [6.45, 7) is 4.00. The van der Waals surface area contributed by atoms with E-state index in [0.717, 1.165) is 17.0 Å². The normalized spacial score (nSPS) is 15.0. The molecule has 0 saturated carbocycles. The van der Waals surface area contributed by atoms with E-state index in [9.17, 15) is 27.6 Å². The Kier molecular flexibility index (Phi) is 5.89. The van der Waals surface area contributed by atoms with Crippen molar-refractivity contribution in [1.29, 1.82) is 0 Å². The van der Waals surface area contributed by atoms with E-state index in [2.05, 4.69) is 0 Å². The highest BCUT2D eigenvalue weighted by Crippen LogP contribution is 2.30. The quantitative estimate of drug-likeness (QED) is 0.813. The molecule has 0 aromatic heterocycles. The number of amides is 3. The average Bonchev–Trinajstić information content (AvgIpc) is 2.58. The van der Waals surface area contributed by atoms with Gasteiger partial charge < -0.3 is 14.7 Å². The summed E-state index contributed by atoms with van der Waals surface area (Å²) in [6, 6.07) is 4.10. The van der Waals surface area contributed by atoms with Crippen molar-refractivity contribution in [2.24, 2.45) is 0 Å². The standard InChI is InChI=1S/C17H20F3N3O3/c1-12(24)21-7-9-22(10-8-21)16(26)11-23(13(2)25)15-5-3-14(4-6-15)17(18,19)20/h3-6H,7-11H2,1-2H3. The third kappa shape index (κ3) is 4.74. The molecule has 0 N–H and O–H groups in total. The van der Waals surface area contributed by atoms with Gasteiger partial charge in [-0.1, -0.05) is 0 Å². The van der Waals surface area contributed by atoms with E-state index in [1.165, 1.54) is 26.0 Å². The van der Waals surface area contributed by atoms with Gasteiger partial charge in [0.15, 0.2) is 0 Å². The fraction of sp³-hybridized carbons (Fsp3) is 0.471. The van der Waals surface area contributed by atoms with Crippen molar-refractivity contribution >= 4 is 23.4 Å². The van der Waals surface area contributed by atoms with Crippen LogP contribution in [-0.2, 0) is 20.6 Å². The summed E-state index contributed by atoms with van der Waals surface area (Å²) < 4.78 is 38.0. The van der Waals surface area contributed by atoms with Gasteiger partial charge >= 0.3 is 6.18 Å². The lowest BCUT2D eigenvalue weighted by atomic mass is 10.2. The van der Waals surface area contributed by atoms with Gasteiger partial charge in [-0.15, -0.1) is 0 Å². The number of alkyl halides is 3. The number of carbonyl (C=O) groups excluding carboxylic acids is 3. The smallest absolute Gasteiger partial charge is 0.339 e. The second-order valence-electron chi connectivity index (χ2n) is 6.04. The third-order valence-electron chi connectivity index (χ3n) is 4.26. The lowest BCUT2D eigenvalue weighted by Crippen LogP contribution is -2.52. The fourth-order valence-electron chi connectivity index (χ4n) is 2.72. The number of anilines is 1. The molecule has 1 fully saturated rings. The van der Waals surface area contributed by atoms with Gasteiger partial charge in [0.2, 0.25) is 17.7 Å². The number of halogens is 3. The van der Waals surface area contributed by atoms with Crippen LogP contribution in [0.25, 0.3) is 0 Å². The molecular formula is C17H20F3N3O3. The highest BCUT2D eigenvalue weighted by atomic mass is 19.4. The van der Waals surface area contributed by atoms with Crippen LogP contribution in [0.5, 0.6) is 0 Å². The SMILES string of the molecule is CC(=O)N1CCN(C(=O)CN(C(C)=O)c2ccc(C(F)(F)F)cc2)CC1. The van der Waals surface area contributed by atoms with E-state index in [1.807, 2.05) is 0 Å². The van der Waals surface area contributed by atoms with E-state index in [1.54, 1.807) is 9.80 Å². The molecule has 1 aromatic rings. The molecule has 1 aromatic carbocycles. The molecule has 2 rings (SSSR count). The lowest BCUT2D eigenvalue weighted by molar-refractivity contribution is -0.137. The topological polar surface area (TPSA) is 60.9 Å². The summed E-state index contributed by atoms with van der Waals surface area (Å²) in [4.78, 5) is 39.9. The first-order chi connectivity index (χ1) is 12.1. The number of carbonyl (C=O) groups is 3. The summed E-state index contributed by atoms with van der Waals surface area (Å²) in [7, 11) is 0. The molecule has 1 saturated heterocycles. The van der Waals surface area contributed by atoms with Crippen molar-refractivity contribution in [3.63, 3.8) is 0 Å². The van der Waals surface area contributed by atoms with Crippen LogP contribution in [0.4, 0.5) is 18.9 Å². The van der Waals surface area contributed by atoms with Crippen molar-refractivity contribution in [3.05, 3.63) is 29.8 Å². The molecule has 0 radical (unpaired) electrons. The van der Waals surface area contributed by atoms with Gasteiger partial charge in [0.1, 0.15) is 6.54 Å². The van der Waals surface area contributed by atoms with E-state index in [0.29, 0.717) is 26.2 Å². The van der Waals surface area contributed by atoms with Gasteiger partial charge in [-0.2, -0.15) is 13.2 Å². The van der Waals surface area contributed by atoms with E-state index >= 15 is 0 Å². The average molecular weight is 371 g/mol. The molecule has 3 amide bonds. The number of nitrogens with zero attached hydrogens (tertiary/aromatic N) is 3. The zero-order chi connectivity index (χ0) is 19.5. The largest absolute Gasteiger partial charge is 0.416 e. The van der Waals surface area contributed by atoms with Crippen LogP contribution in [0.3, 0.4) is 0 Å². The van der Waals surface area contributed by atoms with E-state index in [-0.39, 0.29) is 24.0 Å². The minimum absolute atomic E-state index is 0.0628. The maximum Gasteiger partial charge on any atom is 0.416 e. The molecule has 0 spiro atoms. The highest BCUT2D eigenvalue weighted by molar-refractivity contribution is 5.97. The Morgan fingerprint density at radius 1 is 0.962 bits per heavy atom. The predicted octanol–water partition coefficient (Wildman–Crippen LogP) is 1.75. The van der Waals surface area contributed by atoms with Crippen LogP contribution < -0.4 is 4.90 Å². The Morgan fingerprint density at radius 3 is 1.88 bits per heavy atom. The molecule has 9 heteroatoms. The van der Waals surface area contributed by atoms with Crippen molar-refractivity contribution in [2.45, 2.75) is 20.0 Å². The number of piperazine rings is 1. The van der Waals surface area contributed by atoms with E-state index < -0.39 is 17.6 Å². The molecule has 0 aliphatic carbocycles. The van der Waals surface area contributed by atoms with Crippen LogP contribution in [0.1, 0.15) is 19.4 Å². The molecule has 1 aliphatic heterocycles. The number of hydrogen-bond donors (Lipinski definition) is 0.